The van der Waals surface area contributed by atoms with Gasteiger partial charge in [-0.05, 0) is 23.3 Å². The summed E-state index contributed by atoms with van der Waals surface area (Å²) in [5.74, 6) is -0.769. The summed E-state index contributed by atoms with van der Waals surface area (Å²) in [6.07, 6.45) is 0. The van der Waals surface area contributed by atoms with Crippen LogP contribution in [0.25, 0.3) is 0 Å². The highest BCUT2D eigenvalue weighted by Gasteiger charge is 2.47. The predicted molar refractivity (Wildman–Crippen MR) is 94.4 cm³/mol. The molecule has 0 aliphatic heterocycles. The van der Waals surface area contributed by atoms with Crippen molar-refractivity contribution in [1.29, 1.82) is 0 Å². The molecule has 5 nitrogen and oxygen atoms in total. The van der Waals surface area contributed by atoms with Crippen LogP contribution < -0.4 is 4.74 Å². The minimum Gasteiger partial charge on any atom is -0.508 e. The molecule has 130 valence electrons. The van der Waals surface area contributed by atoms with Gasteiger partial charge in [0.1, 0.15) is 17.2 Å². The fraction of sp³-hybridized carbons (Fsp3) is 0.143. The molecule has 0 saturated carbocycles. The molecule has 0 aromatic heterocycles. The SMILES string of the molecule is COc1cc(O)c2c(c1O)C1c3ccccc3C2c2c(O)ccc(O)c21. The Hall–Kier alpha value is -3.34. The first-order valence-corrected chi connectivity index (χ1v) is 8.30. The highest BCUT2D eigenvalue weighted by molar-refractivity contribution is 5.78. The highest BCUT2D eigenvalue weighted by atomic mass is 16.5. The van der Waals surface area contributed by atoms with Gasteiger partial charge in [0.25, 0.3) is 0 Å². The fourth-order valence-corrected chi connectivity index (χ4v) is 4.59. The van der Waals surface area contributed by atoms with Crippen molar-refractivity contribution in [2.75, 3.05) is 7.11 Å². The van der Waals surface area contributed by atoms with E-state index in [9.17, 15) is 20.4 Å². The average molecular weight is 348 g/mol. The zero-order chi connectivity index (χ0) is 18.2. The van der Waals surface area contributed by atoms with E-state index < -0.39 is 11.8 Å². The number of benzene rings is 3. The van der Waals surface area contributed by atoms with Gasteiger partial charge < -0.3 is 25.2 Å². The number of methoxy groups -OCH3 is 1. The molecule has 0 heterocycles. The fourth-order valence-electron chi connectivity index (χ4n) is 4.59. The lowest BCUT2D eigenvalue weighted by Crippen LogP contribution is -2.28. The van der Waals surface area contributed by atoms with Crippen molar-refractivity contribution in [3.63, 3.8) is 0 Å². The maximum Gasteiger partial charge on any atom is 0.164 e. The normalized spacial score (nSPS) is 18.8. The van der Waals surface area contributed by atoms with E-state index in [1.165, 1.54) is 25.3 Å². The van der Waals surface area contributed by atoms with Crippen LogP contribution in [0.1, 0.15) is 45.2 Å². The van der Waals surface area contributed by atoms with Gasteiger partial charge in [-0.15, -0.1) is 0 Å². The smallest absolute Gasteiger partial charge is 0.164 e. The lowest BCUT2D eigenvalue weighted by Gasteiger charge is -2.43. The standard InChI is InChI=1S/C21H16O5/c1-26-14-8-13(24)19-15-9-4-2-3-5-10(9)16(20(19)21(14)25)18-12(23)7-6-11(22)17(15)18/h2-8,15-16,22-25H,1H3. The summed E-state index contributed by atoms with van der Waals surface area (Å²) in [7, 11) is 1.42. The van der Waals surface area contributed by atoms with E-state index in [0.717, 1.165) is 11.1 Å². The van der Waals surface area contributed by atoms with Crippen LogP contribution in [0.4, 0.5) is 0 Å². The Morgan fingerprint density at radius 3 is 1.73 bits per heavy atom. The number of hydrogen-bond donors (Lipinski definition) is 4. The quantitative estimate of drug-likeness (QED) is 0.348. The lowest BCUT2D eigenvalue weighted by molar-refractivity contribution is 0.360. The van der Waals surface area contributed by atoms with Crippen molar-refractivity contribution >= 4 is 0 Å². The zero-order valence-corrected chi connectivity index (χ0v) is 13.9. The molecule has 0 fully saturated rings. The predicted octanol–water partition coefficient (Wildman–Crippen LogP) is 3.50. The molecular formula is C21H16O5. The monoisotopic (exact) mass is 348 g/mol. The Labute approximate surface area is 149 Å². The number of phenolic OH excluding ortho intramolecular Hbond substituents is 4. The number of rotatable bonds is 1. The second-order valence-electron chi connectivity index (χ2n) is 6.70. The minimum absolute atomic E-state index is 0.00690. The number of ether oxygens (including phenoxy) is 1. The second kappa shape index (κ2) is 4.85. The van der Waals surface area contributed by atoms with Gasteiger partial charge in [0.05, 0.1) is 7.11 Å². The second-order valence-corrected chi connectivity index (χ2v) is 6.70. The molecule has 3 aromatic carbocycles. The summed E-state index contributed by atoms with van der Waals surface area (Å²) >= 11 is 0. The Morgan fingerprint density at radius 1 is 0.692 bits per heavy atom. The van der Waals surface area contributed by atoms with Gasteiger partial charge in [0, 0.05) is 40.2 Å². The van der Waals surface area contributed by atoms with Gasteiger partial charge in [-0.2, -0.15) is 0 Å². The lowest BCUT2D eigenvalue weighted by atomic mass is 9.60. The van der Waals surface area contributed by atoms with Crippen molar-refractivity contribution in [2.24, 2.45) is 0 Å². The van der Waals surface area contributed by atoms with Gasteiger partial charge >= 0.3 is 0 Å². The van der Waals surface area contributed by atoms with E-state index in [-0.39, 0.29) is 28.7 Å². The van der Waals surface area contributed by atoms with Crippen LogP contribution in [0.2, 0.25) is 0 Å². The molecule has 4 N–H and O–H groups in total. The molecule has 5 heteroatoms. The summed E-state index contributed by atoms with van der Waals surface area (Å²) in [6.45, 7) is 0. The molecular weight excluding hydrogens is 332 g/mol. The average Bonchev–Trinajstić information content (AvgIpc) is 2.66. The van der Waals surface area contributed by atoms with Gasteiger partial charge in [-0.3, -0.25) is 0 Å². The highest BCUT2D eigenvalue weighted by Crippen LogP contribution is 2.64. The number of phenols is 4. The van der Waals surface area contributed by atoms with Gasteiger partial charge in [0.15, 0.2) is 11.5 Å². The zero-order valence-electron chi connectivity index (χ0n) is 13.9. The number of aromatic hydroxyl groups is 4. The van der Waals surface area contributed by atoms with Crippen LogP contribution in [-0.2, 0) is 0 Å². The topological polar surface area (TPSA) is 90.2 Å². The van der Waals surface area contributed by atoms with Crippen molar-refractivity contribution < 1.29 is 25.2 Å². The van der Waals surface area contributed by atoms with E-state index in [2.05, 4.69) is 0 Å². The minimum atomic E-state index is -0.505. The van der Waals surface area contributed by atoms with Crippen molar-refractivity contribution in [3.05, 3.63) is 75.8 Å². The molecule has 3 aliphatic rings. The molecule has 3 aromatic rings. The molecule has 26 heavy (non-hydrogen) atoms. The first-order valence-electron chi connectivity index (χ1n) is 8.30. The third-order valence-electron chi connectivity index (χ3n) is 5.56. The largest absolute Gasteiger partial charge is 0.508 e. The van der Waals surface area contributed by atoms with Crippen molar-refractivity contribution in [2.45, 2.75) is 11.8 Å². The first-order chi connectivity index (χ1) is 12.5. The summed E-state index contributed by atoms with van der Waals surface area (Å²) in [5, 5.41) is 42.6. The van der Waals surface area contributed by atoms with Gasteiger partial charge in [-0.1, -0.05) is 24.3 Å². The van der Waals surface area contributed by atoms with Crippen molar-refractivity contribution in [1.82, 2.24) is 0 Å². The summed E-state index contributed by atoms with van der Waals surface area (Å²) in [6, 6.07) is 12.0. The van der Waals surface area contributed by atoms with E-state index >= 15 is 0 Å². The van der Waals surface area contributed by atoms with Gasteiger partial charge in [-0.25, -0.2) is 0 Å². The van der Waals surface area contributed by atoms with Crippen LogP contribution >= 0.6 is 0 Å². The van der Waals surface area contributed by atoms with E-state index in [1.54, 1.807) is 0 Å². The molecule has 2 bridgehead atoms. The third-order valence-corrected chi connectivity index (χ3v) is 5.56. The van der Waals surface area contributed by atoms with E-state index in [4.69, 9.17) is 4.74 Å². The molecule has 0 radical (unpaired) electrons. The van der Waals surface area contributed by atoms with E-state index in [1.807, 2.05) is 24.3 Å². The Kier molecular flexibility index (Phi) is 2.79. The maximum atomic E-state index is 10.8. The molecule has 2 unspecified atom stereocenters. The summed E-state index contributed by atoms with van der Waals surface area (Å²) in [4.78, 5) is 0. The number of hydrogen-bond acceptors (Lipinski definition) is 5. The molecule has 0 spiro atoms. The van der Waals surface area contributed by atoms with Crippen LogP contribution in [0, 0.1) is 0 Å². The van der Waals surface area contributed by atoms with E-state index in [0.29, 0.717) is 22.3 Å². The molecule has 0 amide bonds. The Bertz CT molecular complexity index is 1090. The Morgan fingerprint density at radius 2 is 1.19 bits per heavy atom. The van der Waals surface area contributed by atoms with Crippen LogP contribution in [0.5, 0.6) is 28.7 Å². The van der Waals surface area contributed by atoms with Crippen LogP contribution in [0.15, 0.2) is 42.5 Å². The molecule has 6 rings (SSSR count). The maximum absolute atomic E-state index is 10.8. The molecule has 0 saturated heterocycles. The molecule has 3 aliphatic carbocycles. The molecule has 2 atom stereocenters. The summed E-state index contributed by atoms with van der Waals surface area (Å²) < 4.78 is 5.21. The van der Waals surface area contributed by atoms with Crippen molar-refractivity contribution in [3.8, 4) is 28.7 Å². The third kappa shape index (κ3) is 1.60. The first kappa shape index (κ1) is 15.0. The Balaban J connectivity index is 1.97. The van der Waals surface area contributed by atoms with Gasteiger partial charge in [0.2, 0.25) is 0 Å². The summed E-state index contributed by atoms with van der Waals surface area (Å²) in [5.41, 5.74) is 4.06. The van der Waals surface area contributed by atoms with Crippen LogP contribution in [-0.4, -0.2) is 27.5 Å². The van der Waals surface area contributed by atoms with Crippen LogP contribution in [0.3, 0.4) is 0 Å².